The summed E-state index contributed by atoms with van der Waals surface area (Å²) in [5, 5.41) is 3.16. The lowest BCUT2D eigenvalue weighted by Crippen LogP contribution is -2.19. The van der Waals surface area contributed by atoms with E-state index in [1.807, 2.05) is 6.92 Å². The molecule has 0 spiro atoms. The second-order valence-corrected chi connectivity index (χ2v) is 6.14. The van der Waals surface area contributed by atoms with Crippen molar-refractivity contribution in [2.75, 3.05) is 17.3 Å². The van der Waals surface area contributed by atoms with Crippen molar-refractivity contribution < 1.29 is 4.21 Å². The fourth-order valence-electron chi connectivity index (χ4n) is 1.02. The molecule has 1 heterocycles. The number of hydrogen-bond acceptors (Lipinski definition) is 4. The molecule has 4 nitrogen and oxygen atoms in total. The van der Waals surface area contributed by atoms with Gasteiger partial charge < -0.3 is 5.32 Å². The molecule has 1 N–H and O–H groups in total. The van der Waals surface area contributed by atoms with Crippen LogP contribution in [0.1, 0.15) is 13.3 Å². The quantitative estimate of drug-likeness (QED) is 0.829. The van der Waals surface area contributed by atoms with Crippen LogP contribution < -0.4 is 5.32 Å². The highest BCUT2D eigenvalue weighted by Crippen LogP contribution is 2.05. The van der Waals surface area contributed by atoms with Crippen LogP contribution in [-0.4, -0.2) is 32.2 Å². The minimum Gasteiger partial charge on any atom is -0.352 e. The molecular weight excluding hydrogens is 325 g/mol. The molecule has 2 atom stereocenters. The SMILES string of the molecule is CC(CCS(C)=O)Nc1ncc(I)cn1. The zero-order chi connectivity index (χ0) is 11.3. The Morgan fingerprint density at radius 1 is 1.53 bits per heavy atom. The van der Waals surface area contributed by atoms with Gasteiger partial charge in [0.15, 0.2) is 0 Å². The minimum atomic E-state index is -0.730. The van der Waals surface area contributed by atoms with E-state index in [0.29, 0.717) is 11.7 Å². The average Bonchev–Trinajstić information content (AvgIpc) is 2.19. The van der Waals surface area contributed by atoms with E-state index < -0.39 is 10.8 Å². The zero-order valence-electron chi connectivity index (χ0n) is 8.74. The van der Waals surface area contributed by atoms with Gasteiger partial charge in [-0.1, -0.05) is 0 Å². The highest BCUT2D eigenvalue weighted by atomic mass is 127. The van der Waals surface area contributed by atoms with E-state index in [-0.39, 0.29) is 6.04 Å². The van der Waals surface area contributed by atoms with Gasteiger partial charge in [-0.3, -0.25) is 4.21 Å². The third kappa shape index (κ3) is 5.41. The van der Waals surface area contributed by atoms with Gasteiger partial charge in [-0.25, -0.2) is 9.97 Å². The number of aromatic nitrogens is 2. The van der Waals surface area contributed by atoms with Crippen LogP contribution in [0.3, 0.4) is 0 Å². The number of nitrogens with one attached hydrogen (secondary N) is 1. The molecule has 0 aliphatic heterocycles. The van der Waals surface area contributed by atoms with Gasteiger partial charge in [-0.05, 0) is 35.9 Å². The van der Waals surface area contributed by atoms with E-state index in [1.54, 1.807) is 18.6 Å². The van der Waals surface area contributed by atoms with E-state index in [4.69, 9.17) is 0 Å². The predicted octanol–water partition coefficient (Wildman–Crippen LogP) is 1.65. The predicted molar refractivity (Wildman–Crippen MR) is 71.4 cm³/mol. The molecule has 0 radical (unpaired) electrons. The summed E-state index contributed by atoms with van der Waals surface area (Å²) in [7, 11) is -0.730. The molecule has 0 bridgehead atoms. The Kier molecular flexibility index (Phi) is 5.44. The van der Waals surface area contributed by atoms with E-state index in [0.717, 1.165) is 9.99 Å². The van der Waals surface area contributed by atoms with E-state index in [1.165, 1.54) is 0 Å². The van der Waals surface area contributed by atoms with Crippen LogP contribution in [0, 0.1) is 3.57 Å². The Bertz CT molecular complexity index is 331. The maximum absolute atomic E-state index is 10.9. The summed E-state index contributed by atoms with van der Waals surface area (Å²) in [6.07, 6.45) is 6.10. The summed E-state index contributed by atoms with van der Waals surface area (Å²) < 4.78 is 11.9. The third-order valence-corrected chi connectivity index (χ3v) is 3.20. The maximum Gasteiger partial charge on any atom is 0.222 e. The van der Waals surface area contributed by atoms with Crippen molar-refractivity contribution in [3.63, 3.8) is 0 Å². The van der Waals surface area contributed by atoms with Crippen LogP contribution in [0.2, 0.25) is 0 Å². The molecule has 6 heteroatoms. The summed E-state index contributed by atoms with van der Waals surface area (Å²) in [6.45, 7) is 2.04. The number of hydrogen-bond donors (Lipinski definition) is 1. The maximum atomic E-state index is 10.9. The third-order valence-electron chi connectivity index (χ3n) is 1.83. The van der Waals surface area contributed by atoms with Gasteiger partial charge in [0.2, 0.25) is 5.95 Å². The first-order chi connectivity index (χ1) is 7.08. The van der Waals surface area contributed by atoms with Gasteiger partial charge >= 0.3 is 0 Å². The number of nitrogens with zero attached hydrogens (tertiary/aromatic N) is 2. The molecule has 1 aromatic heterocycles. The lowest BCUT2D eigenvalue weighted by molar-refractivity contribution is 0.677. The van der Waals surface area contributed by atoms with Crippen molar-refractivity contribution in [1.82, 2.24) is 9.97 Å². The van der Waals surface area contributed by atoms with Crippen molar-refractivity contribution in [3.05, 3.63) is 16.0 Å². The van der Waals surface area contributed by atoms with Crippen molar-refractivity contribution in [3.8, 4) is 0 Å². The molecule has 1 aromatic rings. The first kappa shape index (κ1) is 12.8. The van der Waals surface area contributed by atoms with Crippen molar-refractivity contribution >= 4 is 39.3 Å². The zero-order valence-corrected chi connectivity index (χ0v) is 11.7. The topological polar surface area (TPSA) is 54.9 Å². The lowest BCUT2D eigenvalue weighted by Gasteiger charge is -2.12. The van der Waals surface area contributed by atoms with Gasteiger partial charge in [0.1, 0.15) is 0 Å². The largest absolute Gasteiger partial charge is 0.352 e. The summed E-state index contributed by atoms with van der Waals surface area (Å²) in [5.41, 5.74) is 0. The molecule has 0 saturated carbocycles. The number of rotatable bonds is 5. The van der Waals surface area contributed by atoms with Crippen LogP contribution in [0.15, 0.2) is 12.4 Å². The van der Waals surface area contributed by atoms with Gasteiger partial charge in [-0.2, -0.15) is 0 Å². The lowest BCUT2D eigenvalue weighted by atomic mass is 10.3. The molecule has 84 valence electrons. The van der Waals surface area contributed by atoms with Crippen molar-refractivity contribution in [2.24, 2.45) is 0 Å². The van der Waals surface area contributed by atoms with E-state index >= 15 is 0 Å². The molecule has 15 heavy (non-hydrogen) atoms. The second-order valence-electron chi connectivity index (χ2n) is 3.34. The smallest absolute Gasteiger partial charge is 0.222 e. The Morgan fingerprint density at radius 3 is 2.67 bits per heavy atom. The standard InChI is InChI=1S/C9H14IN3OS/c1-7(3-4-15(2)14)13-9-11-5-8(10)6-12-9/h5-7H,3-4H2,1-2H3,(H,11,12,13). The highest BCUT2D eigenvalue weighted by Gasteiger charge is 2.04. The molecule has 0 amide bonds. The van der Waals surface area contributed by atoms with Crippen LogP contribution in [0.4, 0.5) is 5.95 Å². The Labute approximate surface area is 106 Å². The van der Waals surface area contributed by atoms with Crippen LogP contribution >= 0.6 is 22.6 Å². The molecule has 0 aliphatic carbocycles. The normalized spacial score (nSPS) is 14.6. The van der Waals surface area contributed by atoms with Gasteiger partial charge in [0.05, 0.1) is 0 Å². The molecule has 1 rings (SSSR count). The second kappa shape index (κ2) is 6.37. The summed E-state index contributed by atoms with van der Waals surface area (Å²) in [4.78, 5) is 8.28. The van der Waals surface area contributed by atoms with Crippen LogP contribution in [0.5, 0.6) is 0 Å². The first-order valence-corrected chi connectivity index (χ1v) is 7.42. The molecule has 0 aromatic carbocycles. The van der Waals surface area contributed by atoms with Gasteiger partial charge in [0, 0.05) is 44.8 Å². The highest BCUT2D eigenvalue weighted by molar-refractivity contribution is 14.1. The molecule has 0 saturated heterocycles. The molecule has 0 aliphatic rings. The van der Waals surface area contributed by atoms with Gasteiger partial charge in [-0.15, -0.1) is 0 Å². The molecule has 2 unspecified atom stereocenters. The number of anilines is 1. The Morgan fingerprint density at radius 2 is 2.13 bits per heavy atom. The first-order valence-electron chi connectivity index (χ1n) is 4.62. The molecule has 0 fully saturated rings. The average molecular weight is 339 g/mol. The van der Waals surface area contributed by atoms with E-state index in [2.05, 4.69) is 37.9 Å². The van der Waals surface area contributed by atoms with Crippen LogP contribution in [-0.2, 0) is 10.8 Å². The summed E-state index contributed by atoms with van der Waals surface area (Å²) in [6, 6.07) is 0.244. The number of halogens is 1. The monoisotopic (exact) mass is 339 g/mol. The Balaban J connectivity index is 2.40. The fraction of sp³-hybridized carbons (Fsp3) is 0.556. The van der Waals surface area contributed by atoms with E-state index in [9.17, 15) is 4.21 Å². The fourth-order valence-corrected chi connectivity index (χ4v) is 1.99. The molecular formula is C9H14IN3OS. The summed E-state index contributed by atoms with van der Waals surface area (Å²) >= 11 is 2.16. The summed E-state index contributed by atoms with van der Waals surface area (Å²) in [5.74, 6) is 1.34. The minimum absolute atomic E-state index is 0.244. The van der Waals surface area contributed by atoms with Crippen molar-refractivity contribution in [2.45, 2.75) is 19.4 Å². The van der Waals surface area contributed by atoms with Crippen LogP contribution in [0.25, 0.3) is 0 Å². The Hall–Kier alpha value is -0.240. The van der Waals surface area contributed by atoms with Gasteiger partial charge in [0.25, 0.3) is 0 Å². The van der Waals surface area contributed by atoms with Crippen molar-refractivity contribution in [1.29, 1.82) is 0 Å².